The standard InChI is InChI=1S/C15H18N8O5/c24-15(18-7-5-16-13-3-1-11(9-20-13)22(25)26)19-8-6-17-14-4-2-12(10-21-14)23(27)28/h1-4,9-10H,5-8H2,(H,16,20)(H,17,21)(H2,18,19,24). The molecule has 0 saturated heterocycles. The minimum atomic E-state index is -0.533. The van der Waals surface area contributed by atoms with Crippen LogP contribution in [0.4, 0.5) is 27.8 Å². The second-order valence-electron chi connectivity index (χ2n) is 5.35. The van der Waals surface area contributed by atoms with Gasteiger partial charge < -0.3 is 21.3 Å². The molecule has 0 aromatic carbocycles. The van der Waals surface area contributed by atoms with Crippen molar-refractivity contribution in [2.24, 2.45) is 0 Å². The Morgan fingerprint density at radius 3 is 1.54 bits per heavy atom. The highest BCUT2D eigenvalue weighted by Crippen LogP contribution is 2.12. The molecular formula is C15H18N8O5. The zero-order valence-corrected chi connectivity index (χ0v) is 14.6. The Labute approximate surface area is 158 Å². The molecule has 2 heterocycles. The van der Waals surface area contributed by atoms with Crippen LogP contribution in [0.25, 0.3) is 0 Å². The number of nitro groups is 2. The number of nitrogens with zero attached hydrogens (tertiary/aromatic N) is 4. The second-order valence-corrected chi connectivity index (χ2v) is 5.35. The number of hydrogen-bond acceptors (Lipinski definition) is 9. The first-order valence-corrected chi connectivity index (χ1v) is 8.16. The molecule has 0 atom stereocenters. The highest BCUT2D eigenvalue weighted by molar-refractivity contribution is 5.73. The zero-order chi connectivity index (χ0) is 20.4. The molecule has 0 aliphatic rings. The number of amides is 2. The first-order valence-electron chi connectivity index (χ1n) is 8.16. The summed E-state index contributed by atoms with van der Waals surface area (Å²) in [6.45, 7) is 1.43. The van der Waals surface area contributed by atoms with E-state index in [9.17, 15) is 25.0 Å². The monoisotopic (exact) mass is 390 g/mol. The molecule has 2 aromatic rings. The normalized spacial score (nSPS) is 10.0. The molecule has 0 bridgehead atoms. The lowest BCUT2D eigenvalue weighted by molar-refractivity contribution is -0.385. The highest BCUT2D eigenvalue weighted by Gasteiger charge is 2.06. The molecule has 0 fully saturated rings. The van der Waals surface area contributed by atoms with Crippen molar-refractivity contribution < 1.29 is 14.6 Å². The third-order valence-corrected chi connectivity index (χ3v) is 3.35. The number of urea groups is 1. The fourth-order valence-electron chi connectivity index (χ4n) is 1.99. The van der Waals surface area contributed by atoms with Crippen molar-refractivity contribution in [1.29, 1.82) is 0 Å². The lowest BCUT2D eigenvalue weighted by Gasteiger charge is -2.09. The molecule has 13 nitrogen and oxygen atoms in total. The minimum Gasteiger partial charge on any atom is -0.368 e. The van der Waals surface area contributed by atoms with Gasteiger partial charge in [-0.25, -0.2) is 14.8 Å². The Kier molecular flexibility index (Phi) is 7.39. The molecule has 0 aliphatic heterocycles. The summed E-state index contributed by atoms with van der Waals surface area (Å²) in [6.07, 6.45) is 2.30. The van der Waals surface area contributed by atoms with Crippen molar-refractivity contribution in [3.63, 3.8) is 0 Å². The average Bonchev–Trinajstić information content (AvgIpc) is 2.69. The largest absolute Gasteiger partial charge is 0.368 e. The van der Waals surface area contributed by atoms with Gasteiger partial charge in [-0.05, 0) is 12.1 Å². The van der Waals surface area contributed by atoms with Crippen LogP contribution >= 0.6 is 0 Å². The van der Waals surface area contributed by atoms with E-state index in [0.29, 0.717) is 37.8 Å². The molecule has 0 unspecified atom stereocenters. The van der Waals surface area contributed by atoms with Gasteiger partial charge in [-0.1, -0.05) is 0 Å². The van der Waals surface area contributed by atoms with Gasteiger partial charge in [0.2, 0.25) is 0 Å². The summed E-state index contributed by atoms with van der Waals surface area (Å²) in [7, 11) is 0. The maximum absolute atomic E-state index is 11.6. The summed E-state index contributed by atoms with van der Waals surface area (Å²) in [5, 5.41) is 32.2. The van der Waals surface area contributed by atoms with Crippen LogP contribution < -0.4 is 21.3 Å². The van der Waals surface area contributed by atoms with Gasteiger partial charge in [0.1, 0.15) is 24.0 Å². The SMILES string of the molecule is O=C(NCCNc1ccc([N+](=O)[O-])cn1)NCCNc1ccc([N+](=O)[O-])cn1. The summed E-state index contributed by atoms with van der Waals surface area (Å²) in [5.74, 6) is 0.931. The smallest absolute Gasteiger partial charge is 0.314 e. The van der Waals surface area contributed by atoms with Crippen LogP contribution in [0.2, 0.25) is 0 Å². The van der Waals surface area contributed by atoms with E-state index in [2.05, 4.69) is 31.2 Å². The molecule has 0 radical (unpaired) electrons. The minimum absolute atomic E-state index is 0.0967. The first kappa shape index (κ1) is 20.3. The number of aromatic nitrogens is 2. The van der Waals surface area contributed by atoms with Gasteiger partial charge in [0.05, 0.1) is 9.85 Å². The molecular weight excluding hydrogens is 372 g/mol. The van der Waals surface area contributed by atoms with Gasteiger partial charge in [0.15, 0.2) is 0 Å². The molecule has 2 amide bonds. The van der Waals surface area contributed by atoms with Gasteiger partial charge in [0.25, 0.3) is 11.4 Å². The molecule has 148 valence electrons. The number of anilines is 2. The van der Waals surface area contributed by atoms with Crippen molar-refractivity contribution in [2.75, 3.05) is 36.8 Å². The van der Waals surface area contributed by atoms with Gasteiger partial charge in [0, 0.05) is 38.3 Å². The van der Waals surface area contributed by atoms with Crippen molar-refractivity contribution in [1.82, 2.24) is 20.6 Å². The molecule has 28 heavy (non-hydrogen) atoms. The van der Waals surface area contributed by atoms with Crippen LogP contribution in [0.3, 0.4) is 0 Å². The molecule has 2 rings (SSSR count). The van der Waals surface area contributed by atoms with E-state index in [1.54, 1.807) is 0 Å². The Morgan fingerprint density at radius 2 is 1.21 bits per heavy atom. The van der Waals surface area contributed by atoms with E-state index < -0.39 is 9.85 Å². The highest BCUT2D eigenvalue weighted by atomic mass is 16.6. The predicted molar refractivity (Wildman–Crippen MR) is 100 cm³/mol. The Hall–Kier alpha value is -4.03. The Bertz CT molecular complexity index is 745. The molecule has 13 heteroatoms. The van der Waals surface area contributed by atoms with Crippen LogP contribution in [-0.2, 0) is 0 Å². The third kappa shape index (κ3) is 6.70. The lowest BCUT2D eigenvalue weighted by Crippen LogP contribution is -2.40. The summed E-state index contributed by atoms with van der Waals surface area (Å²) in [5.41, 5.74) is -0.193. The molecule has 0 saturated carbocycles. The molecule has 2 aromatic heterocycles. The summed E-state index contributed by atoms with van der Waals surface area (Å²) in [4.78, 5) is 39.4. The third-order valence-electron chi connectivity index (χ3n) is 3.35. The van der Waals surface area contributed by atoms with Crippen LogP contribution in [0.15, 0.2) is 36.7 Å². The molecule has 4 N–H and O–H groups in total. The number of carbonyl (C=O) groups excluding carboxylic acids is 1. The fraction of sp³-hybridized carbons (Fsp3) is 0.267. The number of nitrogens with one attached hydrogen (secondary N) is 4. The van der Waals surface area contributed by atoms with Gasteiger partial charge in [-0.15, -0.1) is 0 Å². The second kappa shape index (κ2) is 10.2. The predicted octanol–water partition coefficient (Wildman–Crippen LogP) is 1.12. The van der Waals surface area contributed by atoms with Gasteiger partial charge in [-0.3, -0.25) is 20.2 Å². The van der Waals surface area contributed by atoms with Crippen molar-refractivity contribution in [3.05, 3.63) is 56.9 Å². The van der Waals surface area contributed by atoms with Crippen molar-refractivity contribution in [2.45, 2.75) is 0 Å². The number of pyridine rings is 2. The van der Waals surface area contributed by atoms with E-state index in [1.807, 2.05) is 0 Å². The van der Waals surface area contributed by atoms with Crippen LogP contribution in [0, 0.1) is 20.2 Å². The summed E-state index contributed by atoms with van der Waals surface area (Å²) in [6, 6.07) is 5.27. The van der Waals surface area contributed by atoms with Crippen molar-refractivity contribution in [3.8, 4) is 0 Å². The summed E-state index contributed by atoms with van der Waals surface area (Å²) < 4.78 is 0. The van der Waals surface area contributed by atoms with E-state index in [0.717, 1.165) is 12.4 Å². The summed E-state index contributed by atoms with van der Waals surface area (Å²) >= 11 is 0. The van der Waals surface area contributed by atoms with Gasteiger partial charge >= 0.3 is 6.03 Å². The van der Waals surface area contributed by atoms with Crippen molar-refractivity contribution >= 4 is 29.0 Å². The molecule has 0 spiro atoms. The van der Waals surface area contributed by atoms with E-state index in [-0.39, 0.29) is 17.4 Å². The topological polar surface area (TPSA) is 177 Å². The number of rotatable bonds is 10. The number of carbonyl (C=O) groups is 1. The Balaban J connectivity index is 1.56. The van der Waals surface area contributed by atoms with Crippen LogP contribution in [-0.4, -0.2) is 52.0 Å². The zero-order valence-electron chi connectivity index (χ0n) is 14.6. The quantitative estimate of drug-likeness (QED) is 0.263. The van der Waals surface area contributed by atoms with Gasteiger partial charge in [-0.2, -0.15) is 0 Å². The lowest BCUT2D eigenvalue weighted by atomic mass is 10.4. The van der Waals surface area contributed by atoms with Crippen LogP contribution in [0.1, 0.15) is 0 Å². The van der Waals surface area contributed by atoms with E-state index >= 15 is 0 Å². The average molecular weight is 390 g/mol. The van der Waals surface area contributed by atoms with E-state index in [1.165, 1.54) is 24.3 Å². The maximum Gasteiger partial charge on any atom is 0.314 e. The van der Waals surface area contributed by atoms with Crippen LogP contribution in [0.5, 0.6) is 0 Å². The number of hydrogen-bond donors (Lipinski definition) is 4. The maximum atomic E-state index is 11.6. The van der Waals surface area contributed by atoms with E-state index in [4.69, 9.17) is 0 Å². The Morgan fingerprint density at radius 1 is 0.786 bits per heavy atom. The molecule has 0 aliphatic carbocycles. The fourth-order valence-corrected chi connectivity index (χ4v) is 1.99. The first-order chi connectivity index (χ1) is 13.5.